The minimum absolute atomic E-state index is 0.00264. The average molecular weight is 409 g/mol. The Morgan fingerprint density at radius 1 is 1.25 bits per heavy atom. The zero-order chi connectivity index (χ0) is 20.1. The summed E-state index contributed by atoms with van der Waals surface area (Å²) >= 11 is 0. The van der Waals surface area contributed by atoms with Crippen LogP contribution in [-0.4, -0.2) is 66.0 Å². The van der Waals surface area contributed by atoms with Crippen LogP contribution in [-0.2, 0) is 21.4 Å². The summed E-state index contributed by atoms with van der Waals surface area (Å²) in [5, 5.41) is 2.67. The van der Waals surface area contributed by atoms with Gasteiger partial charge in [-0.3, -0.25) is 14.7 Å². The van der Waals surface area contributed by atoms with Crippen molar-refractivity contribution in [1.82, 2.24) is 19.5 Å². The van der Waals surface area contributed by atoms with E-state index in [0.29, 0.717) is 25.7 Å². The number of hydrogen-bond donors (Lipinski definition) is 1. The topological polar surface area (TPSA) is 82.6 Å². The monoisotopic (exact) mass is 408 g/mol. The van der Waals surface area contributed by atoms with Gasteiger partial charge in [-0.05, 0) is 57.7 Å². The van der Waals surface area contributed by atoms with Gasteiger partial charge in [0.2, 0.25) is 15.9 Å². The number of rotatable bonds is 6. The largest absolute Gasteiger partial charge is 0.352 e. The number of nitrogens with zero attached hydrogens (tertiary/aromatic N) is 3. The molecule has 8 heteroatoms. The van der Waals surface area contributed by atoms with Gasteiger partial charge in [-0.2, -0.15) is 0 Å². The average Bonchev–Trinajstić information content (AvgIpc) is 2.73. The number of aromatic nitrogens is 1. The molecule has 28 heavy (non-hydrogen) atoms. The minimum atomic E-state index is -3.17. The van der Waals surface area contributed by atoms with E-state index in [9.17, 15) is 13.2 Å². The number of piperidine rings is 2. The molecule has 0 aliphatic carbocycles. The molecule has 0 radical (unpaired) electrons. The Balaban J connectivity index is 1.49. The molecule has 1 N–H and O–H groups in total. The zero-order valence-corrected chi connectivity index (χ0v) is 17.7. The predicted octanol–water partition coefficient (Wildman–Crippen LogP) is 1.61. The lowest BCUT2D eigenvalue weighted by atomic mass is 9.93. The van der Waals surface area contributed by atoms with E-state index >= 15 is 0 Å². The first-order chi connectivity index (χ1) is 13.4. The summed E-state index contributed by atoms with van der Waals surface area (Å²) < 4.78 is 26.3. The lowest BCUT2D eigenvalue weighted by molar-refractivity contribution is -0.127. The highest BCUT2D eigenvalue weighted by Crippen LogP contribution is 2.25. The number of hydrogen-bond acceptors (Lipinski definition) is 5. The SMILES string of the molecule is CC(C)S(=O)(=O)N1CCC(N2CCCC(C(=O)NCc3cccnc3)C2)CC1. The van der Waals surface area contributed by atoms with Gasteiger partial charge in [0.1, 0.15) is 0 Å². The molecule has 1 aromatic rings. The Bertz CT molecular complexity index is 746. The van der Waals surface area contributed by atoms with Crippen LogP contribution < -0.4 is 5.32 Å². The zero-order valence-electron chi connectivity index (χ0n) is 16.9. The second-order valence-corrected chi connectivity index (χ2v) is 10.6. The van der Waals surface area contributed by atoms with Crippen molar-refractivity contribution >= 4 is 15.9 Å². The Kier molecular flexibility index (Phi) is 7.06. The fourth-order valence-electron chi connectivity index (χ4n) is 4.15. The first-order valence-corrected chi connectivity index (χ1v) is 11.8. The maximum atomic E-state index is 12.6. The van der Waals surface area contributed by atoms with Crippen molar-refractivity contribution in [3.63, 3.8) is 0 Å². The van der Waals surface area contributed by atoms with Crippen molar-refractivity contribution in [3.05, 3.63) is 30.1 Å². The third kappa shape index (κ3) is 5.10. The number of carbonyl (C=O) groups is 1. The Morgan fingerprint density at radius 2 is 2.00 bits per heavy atom. The van der Waals surface area contributed by atoms with Crippen molar-refractivity contribution in [3.8, 4) is 0 Å². The summed E-state index contributed by atoms with van der Waals surface area (Å²) in [4.78, 5) is 19.1. The van der Waals surface area contributed by atoms with E-state index in [2.05, 4.69) is 15.2 Å². The number of pyridine rings is 1. The molecule has 0 spiro atoms. The Morgan fingerprint density at radius 3 is 2.64 bits per heavy atom. The van der Waals surface area contributed by atoms with Crippen LogP contribution in [0.15, 0.2) is 24.5 Å². The minimum Gasteiger partial charge on any atom is -0.352 e. The molecule has 1 atom stereocenters. The third-order valence-electron chi connectivity index (χ3n) is 5.91. The summed E-state index contributed by atoms with van der Waals surface area (Å²) in [6.45, 7) is 6.91. The number of likely N-dealkylation sites (tertiary alicyclic amines) is 1. The molecule has 2 aliphatic rings. The van der Waals surface area contributed by atoms with Crippen molar-refractivity contribution in [2.45, 2.75) is 57.4 Å². The van der Waals surface area contributed by atoms with Crippen molar-refractivity contribution in [1.29, 1.82) is 0 Å². The molecule has 7 nitrogen and oxygen atoms in total. The molecule has 1 amide bonds. The van der Waals surface area contributed by atoms with Gasteiger partial charge >= 0.3 is 0 Å². The number of nitrogens with one attached hydrogen (secondary N) is 1. The van der Waals surface area contributed by atoms with Crippen LogP contribution in [0.3, 0.4) is 0 Å². The molecule has 2 fully saturated rings. The lowest BCUT2D eigenvalue weighted by Gasteiger charge is -2.42. The van der Waals surface area contributed by atoms with Crippen molar-refractivity contribution in [2.24, 2.45) is 5.92 Å². The molecule has 0 bridgehead atoms. The number of amides is 1. The van der Waals surface area contributed by atoms with E-state index < -0.39 is 10.0 Å². The van der Waals surface area contributed by atoms with E-state index in [0.717, 1.165) is 44.3 Å². The van der Waals surface area contributed by atoms with Crippen LogP contribution in [0.2, 0.25) is 0 Å². The van der Waals surface area contributed by atoms with E-state index in [4.69, 9.17) is 0 Å². The normalized spacial score (nSPS) is 23.0. The molecular weight excluding hydrogens is 376 g/mol. The van der Waals surface area contributed by atoms with Crippen LogP contribution in [0.1, 0.15) is 45.1 Å². The maximum Gasteiger partial charge on any atom is 0.224 e. The number of sulfonamides is 1. The van der Waals surface area contributed by atoms with Crippen LogP contribution in [0, 0.1) is 5.92 Å². The van der Waals surface area contributed by atoms with Crippen LogP contribution in [0.4, 0.5) is 0 Å². The molecule has 3 rings (SSSR count). The van der Waals surface area contributed by atoms with E-state index in [-0.39, 0.29) is 17.1 Å². The van der Waals surface area contributed by atoms with Gasteiger partial charge in [-0.1, -0.05) is 6.07 Å². The molecule has 0 aromatic carbocycles. The quantitative estimate of drug-likeness (QED) is 0.773. The van der Waals surface area contributed by atoms with Gasteiger partial charge in [-0.15, -0.1) is 0 Å². The Hall–Kier alpha value is -1.51. The fraction of sp³-hybridized carbons (Fsp3) is 0.700. The molecule has 2 saturated heterocycles. The van der Waals surface area contributed by atoms with E-state index in [1.165, 1.54) is 0 Å². The molecule has 2 aliphatic heterocycles. The highest BCUT2D eigenvalue weighted by Gasteiger charge is 2.35. The first-order valence-electron chi connectivity index (χ1n) is 10.3. The fourth-order valence-corrected chi connectivity index (χ4v) is 5.46. The maximum absolute atomic E-state index is 12.6. The summed E-state index contributed by atoms with van der Waals surface area (Å²) in [6, 6.07) is 4.20. The predicted molar refractivity (Wildman–Crippen MR) is 109 cm³/mol. The summed E-state index contributed by atoms with van der Waals surface area (Å²) in [7, 11) is -3.17. The second kappa shape index (κ2) is 9.33. The van der Waals surface area contributed by atoms with Gasteiger partial charge in [0.15, 0.2) is 0 Å². The molecule has 3 heterocycles. The smallest absolute Gasteiger partial charge is 0.224 e. The molecule has 1 unspecified atom stereocenters. The lowest BCUT2D eigenvalue weighted by Crippen LogP contribution is -2.52. The summed E-state index contributed by atoms with van der Waals surface area (Å²) in [5.41, 5.74) is 1.00. The van der Waals surface area contributed by atoms with Crippen LogP contribution in [0.5, 0.6) is 0 Å². The van der Waals surface area contributed by atoms with Gasteiger partial charge in [-0.25, -0.2) is 12.7 Å². The van der Waals surface area contributed by atoms with Gasteiger partial charge < -0.3 is 5.32 Å². The highest BCUT2D eigenvalue weighted by atomic mass is 32.2. The number of carbonyl (C=O) groups excluding carboxylic acids is 1. The Labute approximate surface area is 168 Å². The molecule has 1 aromatic heterocycles. The van der Waals surface area contributed by atoms with Crippen molar-refractivity contribution < 1.29 is 13.2 Å². The summed E-state index contributed by atoms with van der Waals surface area (Å²) in [5.74, 6) is 0.108. The molecule has 156 valence electrons. The molecular formula is C20H32N4O3S. The van der Waals surface area contributed by atoms with E-state index in [1.54, 1.807) is 30.5 Å². The third-order valence-corrected chi connectivity index (χ3v) is 8.18. The second-order valence-electron chi connectivity index (χ2n) is 8.14. The van der Waals surface area contributed by atoms with Crippen molar-refractivity contribution in [2.75, 3.05) is 26.2 Å². The highest BCUT2D eigenvalue weighted by molar-refractivity contribution is 7.89. The molecule has 0 saturated carbocycles. The summed E-state index contributed by atoms with van der Waals surface area (Å²) in [6.07, 6.45) is 7.10. The first kappa shape index (κ1) is 21.2. The van der Waals surface area contributed by atoms with Gasteiger partial charge in [0, 0.05) is 44.6 Å². The standard InChI is InChI=1S/C20H32N4O3S/c1-16(2)28(26,27)24-11-7-19(8-12-24)23-10-4-6-18(15-23)20(25)22-14-17-5-3-9-21-13-17/h3,5,9,13,16,18-19H,4,6-8,10-12,14-15H2,1-2H3,(H,22,25). The van der Waals surface area contributed by atoms with Crippen LogP contribution >= 0.6 is 0 Å². The van der Waals surface area contributed by atoms with E-state index in [1.807, 2.05) is 12.1 Å². The van der Waals surface area contributed by atoms with Gasteiger partial charge in [0.05, 0.1) is 11.2 Å². The van der Waals surface area contributed by atoms with Crippen LogP contribution in [0.25, 0.3) is 0 Å². The van der Waals surface area contributed by atoms with Gasteiger partial charge in [0.25, 0.3) is 0 Å².